The molecule has 11 rings (SSSR count). The molecular formula is C47H32N2O. The van der Waals surface area contributed by atoms with Gasteiger partial charge in [0, 0.05) is 56.0 Å². The first kappa shape index (κ1) is 27.7. The highest BCUT2D eigenvalue weighted by Gasteiger charge is 2.34. The fraction of sp³-hybridized carbons (Fsp3) is 0.0851. The number of fused-ring (bicyclic) bond motifs is 10. The molecule has 0 aliphatic heterocycles. The van der Waals surface area contributed by atoms with E-state index in [0.29, 0.717) is 0 Å². The first-order valence-electron chi connectivity index (χ1n) is 17.6. The molecular weight excluding hydrogens is 609 g/mol. The molecule has 3 aliphatic rings. The van der Waals surface area contributed by atoms with E-state index in [9.17, 15) is 0 Å². The van der Waals surface area contributed by atoms with Crippen molar-refractivity contribution in [3.63, 3.8) is 0 Å². The van der Waals surface area contributed by atoms with Crippen molar-refractivity contribution in [2.75, 3.05) is 0 Å². The Morgan fingerprint density at radius 3 is 2.02 bits per heavy atom. The van der Waals surface area contributed by atoms with Crippen LogP contribution in [0.15, 0.2) is 174 Å². The van der Waals surface area contributed by atoms with Crippen LogP contribution in [0.25, 0.3) is 65.8 Å². The van der Waals surface area contributed by atoms with Crippen molar-refractivity contribution < 1.29 is 4.42 Å². The zero-order valence-electron chi connectivity index (χ0n) is 27.3. The number of nitrogens with zero attached hydrogens (tertiary/aromatic N) is 2. The lowest BCUT2D eigenvalue weighted by molar-refractivity contribution is 0.620. The van der Waals surface area contributed by atoms with Crippen LogP contribution in [0.5, 0.6) is 0 Å². The van der Waals surface area contributed by atoms with Gasteiger partial charge >= 0.3 is 0 Å². The van der Waals surface area contributed by atoms with Gasteiger partial charge in [-0.2, -0.15) is 0 Å². The summed E-state index contributed by atoms with van der Waals surface area (Å²) in [5.41, 5.74) is 10.8. The van der Waals surface area contributed by atoms with E-state index in [2.05, 4.69) is 150 Å². The molecule has 8 aromatic rings. The number of hydrogen-bond acceptors (Lipinski definition) is 2. The molecule has 3 aliphatic carbocycles. The van der Waals surface area contributed by atoms with Gasteiger partial charge in [-0.3, -0.25) is 4.98 Å². The molecule has 3 heteroatoms. The molecule has 0 spiro atoms. The maximum Gasteiger partial charge on any atom is 0.146 e. The molecule has 3 unspecified atom stereocenters. The van der Waals surface area contributed by atoms with Crippen LogP contribution >= 0.6 is 0 Å². The van der Waals surface area contributed by atoms with Crippen LogP contribution < -0.4 is 10.4 Å². The summed E-state index contributed by atoms with van der Waals surface area (Å²) in [7, 11) is 0. The van der Waals surface area contributed by atoms with Gasteiger partial charge in [0.25, 0.3) is 0 Å². The number of furan rings is 1. The van der Waals surface area contributed by atoms with Crippen molar-refractivity contribution in [1.29, 1.82) is 0 Å². The summed E-state index contributed by atoms with van der Waals surface area (Å²) < 4.78 is 9.03. The molecule has 0 saturated heterocycles. The van der Waals surface area contributed by atoms with E-state index in [1.807, 2.05) is 18.3 Å². The third kappa shape index (κ3) is 3.95. The van der Waals surface area contributed by atoms with Crippen molar-refractivity contribution in [3.8, 4) is 0 Å². The summed E-state index contributed by atoms with van der Waals surface area (Å²) in [5, 5.41) is 8.48. The molecule has 0 bridgehead atoms. The number of aromatic nitrogens is 2. The molecule has 236 valence electrons. The van der Waals surface area contributed by atoms with Gasteiger partial charge in [-0.25, -0.2) is 0 Å². The average molecular weight is 641 g/mol. The first-order chi connectivity index (χ1) is 24.8. The normalized spacial score (nSPS) is 19.9. The van der Waals surface area contributed by atoms with Crippen molar-refractivity contribution in [2.45, 2.75) is 12.5 Å². The van der Waals surface area contributed by atoms with Crippen LogP contribution in [0, 0.1) is 11.8 Å². The molecule has 0 amide bonds. The Morgan fingerprint density at radius 1 is 0.580 bits per heavy atom. The summed E-state index contributed by atoms with van der Waals surface area (Å²) >= 11 is 0. The lowest BCUT2D eigenvalue weighted by Gasteiger charge is -2.35. The Labute approximate surface area is 288 Å². The quantitative estimate of drug-likeness (QED) is 0.192. The molecule has 50 heavy (non-hydrogen) atoms. The highest BCUT2D eigenvalue weighted by atomic mass is 16.3. The van der Waals surface area contributed by atoms with Crippen LogP contribution in [0.1, 0.15) is 18.0 Å². The standard InChI is InChI=1S/C47H32N2O/c1-3-18-36-34(16-1)45(29-12-11-13-31(26-29)49-42-22-9-6-14-32(42)33-15-7-10-23-43(33)49)35-17-2-4-19-37(35)46(36)30-24-25-44-39(27-30)40-28-48-41-21-8-5-20-38(41)47(40)50-44/h1-25,27-28,31,34,36H,26H2. The molecule has 3 atom stereocenters. The Kier molecular flexibility index (Phi) is 5.91. The lowest BCUT2D eigenvalue weighted by Crippen LogP contribution is -2.40. The number of rotatable bonds is 3. The highest BCUT2D eigenvalue weighted by molar-refractivity contribution is 6.14. The minimum atomic E-state index is 0.206. The number of hydrogen-bond donors (Lipinski definition) is 0. The molecule has 3 heterocycles. The van der Waals surface area contributed by atoms with Crippen LogP contribution in [-0.2, 0) is 0 Å². The maximum atomic E-state index is 6.48. The van der Waals surface area contributed by atoms with Gasteiger partial charge in [-0.05, 0) is 75.5 Å². The molecule has 3 nitrogen and oxygen atoms in total. The van der Waals surface area contributed by atoms with Gasteiger partial charge in [0.15, 0.2) is 0 Å². The van der Waals surface area contributed by atoms with Crippen molar-refractivity contribution in [2.24, 2.45) is 11.8 Å². The Balaban J connectivity index is 1.11. The molecule has 0 radical (unpaired) electrons. The molecule has 0 saturated carbocycles. The van der Waals surface area contributed by atoms with E-state index in [1.54, 1.807) is 0 Å². The summed E-state index contributed by atoms with van der Waals surface area (Å²) in [6.45, 7) is 0. The van der Waals surface area contributed by atoms with E-state index >= 15 is 0 Å². The first-order valence-corrected chi connectivity index (χ1v) is 17.6. The van der Waals surface area contributed by atoms with E-state index < -0.39 is 0 Å². The zero-order chi connectivity index (χ0) is 32.8. The van der Waals surface area contributed by atoms with Gasteiger partial charge in [-0.15, -0.1) is 0 Å². The molecule has 3 aromatic heterocycles. The van der Waals surface area contributed by atoms with Crippen LogP contribution in [0.2, 0.25) is 0 Å². The van der Waals surface area contributed by atoms with Crippen molar-refractivity contribution >= 4 is 65.8 Å². The van der Waals surface area contributed by atoms with Crippen molar-refractivity contribution in [3.05, 3.63) is 186 Å². The van der Waals surface area contributed by atoms with E-state index in [-0.39, 0.29) is 17.9 Å². The number of para-hydroxylation sites is 3. The molecule has 5 aromatic carbocycles. The number of pyridine rings is 1. The van der Waals surface area contributed by atoms with E-state index in [0.717, 1.165) is 39.3 Å². The number of benzene rings is 5. The minimum Gasteiger partial charge on any atom is -0.455 e. The zero-order valence-corrected chi connectivity index (χ0v) is 27.3. The average Bonchev–Trinajstić information content (AvgIpc) is 3.73. The fourth-order valence-electron chi connectivity index (χ4n) is 9.08. The van der Waals surface area contributed by atoms with Crippen LogP contribution in [0.4, 0.5) is 0 Å². The second-order valence-electron chi connectivity index (χ2n) is 13.8. The SMILES string of the molecule is C1=CC2C(C3=CC=CC(n4c5ccccc5c5ccccc54)C3)=c3ccccc3=C(c3ccc4oc5c6ccccc6ncc5c4c3)C2C=C1. The fourth-order valence-corrected chi connectivity index (χ4v) is 9.08. The smallest absolute Gasteiger partial charge is 0.146 e. The summed E-state index contributed by atoms with van der Waals surface area (Å²) in [5.74, 6) is 0.432. The molecule has 0 N–H and O–H groups in total. The largest absolute Gasteiger partial charge is 0.455 e. The highest BCUT2D eigenvalue weighted by Crippen LogP contribution is 2.45. The van der Waals surface area contributed by atoms with E-state index in [1.165, 1.54) is 54.5 Å². The maximum absolute atomic E-state index is 6.48. The van der Waals surface area contributed by atoms with Gasteiger partial charge in [0.2, 0.25) is 0 Å². The minimum absolute atomic E-state index is 0.206. The van der Waals surface area contributed by atoms with Gasteiger partial charge in [0.05, 0.1) is 11.6 Å². The van der Waals surface area contributed by atoms with Gasteiger partial charge < -0.3 is 8.98 Å². The van der Waals surface area contributed by atoms with Gasteiger partial charge in [0.1, 0.15) is 11.2 Å². The number of allylic oxidation sites excluding steroid dienone is 8. The Bertz CT molecular complexity index is 2930. The summed E-state index contributed by atoms with van der Waals surface area (Å²) in [6, 6.07) is 41.9. The third-order valence-electron chi connectivity index (χ3n) is 11.2. The van der Waals surface area contributed by atoms with E-state index in [4.69, 9.17) is 9.40 Å². The molecule has 0 fully saturated rings. The second kappa shape index (κ2) is 10.7. The van der Waals surface area contributed by atoms with Crippen molar-refractivity contribution in [1.82, 2.24) is 9.55 Å². The van der Waals surface area contributed by atoms with Crippen LogP contribution in [0.3, 0.4) is 0 Å². The Hall–Kier alpha value is -6.19. The predicted molar refractivity (Wildman–Crippen MR) is 206 cm³/mol. The third-order valence-corrected chi connectivity index (χ3v) is 11.2. The second-order valence-corrected chi connectivity index (χ2v) is 13.8. The summed E-state index contributed by atoms with van der Waals surface area (Å²) in [6.07, 6.45) is 19.2. The topological polar surface area (TPSA) is 31.0 Å². The monoisotopic (exact) mass is 640 g/mol. The van der Waals surface area contributed by atoms with Crippen LogP contribution in [-0.4, -0.2) is 9.55 Å². The summed E-state index contributed by atoms with van der Waals surface area (Å²) in [4.78, 5) is 4.79. The lowest BCUT2D eigenvalue weighted by atomic mass is 9.69. The van der Waals surface area contributed by atoms with Gasteiger partial charge in [-0.1, -0.05) is 121 Å². The Morgan fingerprint density at radius 2 is 1.24 bits per heavy atom. The predicted octanol–water partition coefficient (Wildman–Crippen LogP) is 10.1.